The first-order valence-corrected chi connectivity index (χ1v) is 6.80. The quantitative estimate of drug-likeness (QED) is 0.372. The van der Waals surface area contributed by atoms with Crippen molar-refractivity contribution in [2.45, 2.75) is 13.3 Å². The molecule has 0 aromatic heterocycles. The minimum absolute atomic E-state index is 0. The van der Waals surface area contributed by atoms with Gasteiger partial charge in [-0.1, -0.05) is 22.0 Å². The average Bonchev–Trinajstić information content (AvgIpc) is 2.39. The number of aryl methyl sites for hydroxylation is 1. The molecule has 0 aliphatic rings. The van der Waals surface area contributed by atoms with Gasteiger partial charge in [-0.15, -0.1) is 24.0 Å². The fourth-order valence-corrected chi connectivity index (χ4v) is 1.88. The predicted octanol–water partition coefficient (Wildman–Crippen LogP) is 2.50. The molecule has 1 amide bonds. The zero-order valence-corrected chi connectivity index (χ0v) is 15.7. The number of amides is 1. The summed E-state index contributed by atoms with van der Waals surface area (Å²) in [7, 11) is 3.46. The van der Waals surface area contributed by atoms with Crippen molar-refractivity contribution in [2.75, 3.05) is 26.0 Å². The van der Waals surface area contributed by atoms with E-state index in [0.717, 1.165) is 15.7 Å². The summed E-state index contributed by atoms with van der Waals surface area (Å²) in [5.74, 6) is 0.645. The highest BCUT2D eigenvalue weighted by Crippen LogP contribution is 2.20. The number of hydrogen-bond donors (Lipinski definition) is 3. The molecule has 0 radical (unpaired) electrons. The molecule has 1 aromatic rings. The third kappa shape index (κ3) is 6.56. The molecule has 5 nitrogen and oxygen atoms in total. The maximum absolute atomic E-state index is 11.8. The molecule has 0 bridgehead atoms. The summed E-state index contributed by atoms with van der Waals surface area (Å²) in [4.78, 5) is 15.8. The Morgan fingerprint density at radius 3 is 2.70 bits per heavy atom. The highest BCUT2D eigenvalue weighted by molar-refractivity contribution is 14.0. The van der Waals surface area contributed by atoms with Crippen molar-refractivity contribution in [3.8, 4) is 0 Å². The summed E-state index contributed by atoms with van der Waals surface area (Å²) in [6.45, 7) is 2.50. The van der Waals surface area contributed by atoms with Gasteiger partial charge in [0.15, 0.2) is 5.96 Å². The number of hydrogen-bond acceptors (Lipinski definition) is 2. The van der Waals surface area contributed by atoms with Gasteiger partial charge in [0.1, 0.15) is 0 Å². The molecule has 0 saturated heterocycles. The number of rotatable bonds is 4. The van der Waals surface area contributed by atoms with E-state index in [0.29, 0.717) is 18.9 Å². The van der Waals surface area contributed by atoms with Crippen molar-refractivity contribution >= 4 is 57.5 Å². The van der Waals surface area contributed by atoms with Crippen LogP contribution >= 0.6 is 39.9 Å². The first kappa shape index (κ1) is 19.2. The molecule has 3 N–H and O–H groups in total. The van der Waals surface area contributed by atoms with Gasteiger partial charge in [0, 0.05) is 37.2 Å². The van der Waals surface area contributed by atoms with E-state index >= 15 is 0 Å². The Kier molecular flexibility index (Phi) is 9.56. The third-order valence-corrected chi connectivity index (χ3v) is 3.07. The van der Waals surface area contributed by atoms with Crippen molar-refractivity contribution in [1.82, 2.24) is 10.6 Å². The molecule has 0 aliphatic carbocycles. The lowest BCUT2D eigenvalue weighted by Gasteiger charge is -2.10. The molecule has 0 aliphatic heterocycles. The second-order valence-corrected chi connectivity index (χ2v) is 4.92. The second kappa shape index (κ2) is 9.98. The molecule has 0 atom stereocenters. The van der Waals surface area contributed by atoms with E-state index in [1.165, 1.54) is 0 Å². The van der Waals surface area contributed by atoms with Crippen LogP contribution in [0, 0.1) is 6.92 Å². The lowest BCUT2D eigenvalue weighted by atomic mass is 10.2. The summed E-state index contributed by atoms with van der Waals surface area (Å²) in [5.41, 5.74) is 1.87. The number of guanidine groups is 1. The van der Waals surface area contributed by atoms with E-state index in [2.05, 4.69) is 36.9 Å². The van der Waals surface area contributed by atoms with E-state index in [4.69, 9.17) is 0 Å². The summed E-state index contributed by atoms with van der Waals surface area (Å²) >= 11 is 3.39. The molecule has 0 saturated carbocycles. The summed E-state index contributed by atoms with van der Waals surface area (Å²) in [6, 6.07) is 5.80. The van der Waals surface area contributed by atoms with Crippen molar-refractivity contribution in [1.29, 1.82) is 0 Å². The zero-order chi connectivity index (χ0) is 14.3. The highest BCUT2D eigenvalue weighted by atomic mass is 127. The molecule has 112 valence electrons. The maximum Gasteiger partial charge on any atom is 0.226 e. The fraction of sp³-hybridized carbons (Fsp3) is 0.385. The van der Waals surface area contributed by atoms with Crippen LogP contribution in [-0.4, -0.2) is 32.5 Å². The van der Waals surface area contributed by atoms with Crippen LogP contribution in [0.3, 0.4) is 0 Å². The molecule has 0 spiro atoms. The van der Waals surface area contributed by atoms with Gasteiger partial charge in [0.25, 0.3) is 0 Å². The van der Waals surface area contributed by atoms with E-state index in [-0.39, 0.29) is 29.9 Å². The largest absolute Gasteiger partial charge is 0.359 e. The lowest BCUT2D eigenvalue weighted by molar-refractivity contribution is -0.116. The van der Waals surface area contributed by atoms with E-state index in [1.54, 1.807) is 14.1 Å². The second-order valence-electron chi connectivity index (χ2n) is 4.01. The Morgan fingerprint density at radius 2 is 2.10 bits per heavy atom. The van der Waals surface area contributed by atoms with Gasteiger partial charge >= 0.3 is 0 Å². The number of nitrogens with zero attached hydrogens (tertiary/aromatic N) is 1. The molecule has 0 fully saturated rings. The maximum atomic E-state index is 11.8. The first-order chi connectivity index (χ1) is 9.06. The standard InChI is InChI=1S/C13H19BrN4O.HI/c1-9-4-5-10(14)8-11(9)18-12(19)6-7-17-13(15-2)16-3;/h4-5,8H,6-7H2,1-3H3,(H,18,19)(H2,15,16,17);1H. The SMILES string of the molecule is CN=C(NC)NCCC(=O)Nc1cc(Br)ccc1C.I. The van der Waals surface area contributed by atoms with E-state index < -0.39 is 0 Å². The van der Waals surface area contributed by atoms with Crippen LogP contribution in [0.5, 0.6) is 0 Å². The smallest absolute Gasteiger partial charge is 0.226 e. The summed E-state index contributed by atoms with van der Waals surface area (Å²) < 4.78 is 0.946. The lowest BCUT2D eigenvalue weighted by Crippen LogP contribution is -2.36. The fourth-order valence-electron chi connectivity index (χ4n) is 1.52. The average molecular weight is 455 g/mol. The minimum atomic E-state index is -0.0275. The molecule has 0 heterocycles. The van der Waals surface area contributed by atoms with Crippen LogP contribution in [0.25, 0.3) is 0 Å². The van der Waals surface area contributed by atoms with Crippen molar-refractivity contribution in [3.63, 3.8) is 0 Å². The third-order valence-electron chi connectivity index (χ3n) is 2.58. The Hall–Kier alpha value is -0.830. The number of carbonyl (C=O) groups excluding carboxylic acids is 1. The Balaban J connectivity index is 0.00000361. The molecule has 7 heteroatoms. The minimum Gasteiger partial charge on any atom is -0.359 e. The van der Waals surface area contributed by atoms with Crippen LogP contribution in [0.2, 0.25) is 0 Å². The number of benzene rings is 1. The highest BCUT2D eigenvalue weighted by Gasteiger charge is 2.05. The zero-order valence-electron chi connectivity index (χ0n) is 11.8. The first-order valence-electron chi connectivity index (χ1n) is 6.01. The molecular weight excluding hydrogens is 435 g/mol. The van der Waals surface area contributed by atoms with Crippen molar-refractivity contribution in [3.05, 3.63) is 28.2 Å². The normalized spacial score (nSPS) is 10.5. The van der Waals surface area contributed by atoms with Gasteiger partial charge in [-0.2, -0.15) is 0 Å². The van der Waals surface area contributed by atoms with E-state index in [1.807, 2.05) is 25.1 Å². The van der Waals surface area contributed by atoms with Crippen LogP contribution in [0.15, 0.2) is 27.7 Å². The van der Waals surface area contributed by atoms with Gasteiger partial charge in [-0.3, -0.25) is 9.79 Å². The summed E-state index contributed by atoms with van der Waals surface area (Å²) in [6.07, 6.45) is 0.382. The van der Waals surface area contributed by atoms with Gasteiger partial charge in [-0.25, -0.2) is 0 Å². The Bertz CT molecular complexity index is 479. The van der Waals surface area contributed by atoms with Gasteiger partial charge in [-0.05, 0) is 24.6 Å². The Labute approximate surface area is 145 Å². The van der Waals surface area contributed by atoms with Crippen molar-refractivity contribution in [2.24, 2.45) is 4.99 Å². The molecule has 1 aromatic carbocycles. The van der Waals surface area contributed by atoms with Crippen LogP contribution in [0.4, 0.5) is 5.69 Å². The number of halogens is 2. The molecule has 20 heavy (non-hydrogen) atoms. The van der Waals surface area contributed by atoms with Gasteiger partial charge in [0.05, 0.1) is 0 Å². The van der Waals surface area contributed by atoms with Gasteiger partial charge < -0.3 is 16.0 Å². The van der Waals surface area contributed by atoms with Crippen LogP contribution < -0.4 is 16.0 Å². The molecule has 0 unspecified atom stereocenters. The number of carbonyl (C=O) groups is 1. The number of nitrogens with one attached hydrogen (secondary N) is 3. The number of aliphatic imine (C=N–C) groups is 1. The predicted molar refractivity (Wildman–Crippen MR) is 98.0 cm³/mol. The van der Waals surface area contributed by atoms with Gasteiger partial charge in [0.2, 0.25) is 5.91 Å². The summed E-state index contributed by atoms with van der Waals surface area (Å²) in [5, 5.41) is 8.81. The van der Waals surface area contributed by atoms with Crippen LogP contribution in [0.1, 0.15) is 12.0 Å². The van der Waals surface area contributed by atoms with E-state index in [9.17, 15) is 4.79 Å². The Morgan fingerprint density at radius 1 is 1.40 bits per heavy atom. The monoisotopic (exact) mass is 454 g/mol. The van der Waals surface area contributed by atoms with Crippen LogP contribution in [-0.2, 0) is 4.79 Å². The number of anilines is 1. The van der Waals surface area contributed by atoms with Crippen molar-refractivity contribution < 1.29 is 4.79 Å². The molecule has 1 rings (SSSR count). The molecular formula is C13H20BrIN4O. The topological polar surface area (TPSA) is 65.5 Å².